The summed E-state index contributed by atoms with van der Waals surface area (Å²) in [6.45, 7) is 1.86. The highest BCUT2D eigenvalue weighted by atomic mass is 19.2. The van der Waals surface area contributed by atoms with Crippen LogP contribution >= 0.6 is 0 Å². The molecule has 0 aliphatic rings. The van der Waals surface area contributed by atoms with Crippen LogP contribution in [0.2, 0.25) is 0 Å². The number of rotatable bonds is 4. The van der Waals surface area contributed by atoms with E-state index < -0.39 is 17.2 Å². The topological polar surface area (TPSA) is 35.2 Å². The van der Waals surface area contributed by atoms with Crippen LogP contribution in [-0.4, -0.2) is 7.11 Å². The minimum Gasteiger partial charge on any atom is -0.497 e. The van der Waals surface area contributed by atoms with E-state index in [0.717, 1.165) is 17.4 Å². The zero-order valence-electron chi connectivity index (χ0n) is 11.5. The molecular formula is C16H17F2NO. The average molecular weight is 277 g/mol. The van der Waals surface area contributed by atoms with E-state index in [4.69, 9.17) is 10.5 Å². The molecule has 1 unspecified atom stereocenters. The van der Waals surface area contributed by atoms with E-state index in [0.29, 0.717) is 12.0 Å². The second-order valence-corrected chi connectivity index (χ2v) is 5.07. The maximum absolute atomic E-state index is 13.2. The lowest BCUT2D eigenvalue weighted by Crippen LogP contribution is -2.35. The zero-order chi connectivity index (χ0) is 14.8. The van der Waals surface area contributed by atoms with Gasteiger partial charge in [-0.25, -0.2) is 8.78 Å². The van der Waals surface area contributed by atoms with Gasteiger partial charge >= 0.3 is 0 Å². The molecule has 2 nitrogen and oxygen atoms in total. The minimum absolute atomic E-state index is 0.413. The van der Waals surface area contributed by atoms with Crippen LogP contribution in [0.1, 0.15) is 18.1 Å². The Morgan fingerprint density at radius 1 is 1.05 bits per heavy atom. The van der Waals surface area contributed by atoms with Crippen molar-refractivity contribution in [1.82, 2.24) is 0 Å². The summed E-state index contributed by atoms with van der Waals surface area (Å²) in [5, 5.41) is 0. The van der Waals surface area contributed by atoms with Crippen LogP contribution in [-0.2, 0) is 12.0 Å². The summed E-state index contributed by atoms with van der Waals surface area (Å²) in [7, 11) is 1.60. The van der Waals surface area contributed by atoms with Gasteiger partial charge in [0.25, 0.3) is 0 Å². The van der Waals surface area contributed by atoms with Crippen molar-refractivity contribution in [3.05, 3.63) is 65.2 Å². The van der Waals surface area contributed by atoms with Crippen molar-refractivity contribution in [2.45, 2.75) is 18.9 Å². The third-order valence-electron chi connectivity index (χ3n) is 3.30. The first-order chi connectivity index (χ1) is 9.42. The molecule has 1 atom stereocenters. The van der Waals surface area contributed by atoms with E-state index in [1.807, 2.05) is 31.2 Å². The average Bonchev–Trinajstić information content (AvgIpc) is 2.43. The Balaban J connectivity index is 2.22. The largest absolute Gasteiger partial charge is 0.497 e. The van der Waals surface area contributed by atoms with Gasteiger partial charge in [0.2, 0.25) is 0 Å². The van der Waals surface area contributed by atoms with E-state index in [-0.39, 0.29) is 0 Å². The molecule has 0 radical (unpaired) electrons. The Hall–Kier alpha value is -1.94. The van der Waals surface area contributed by atoms with Gasteiger partial charge in [-0.05, 0) is 48.7 Å². The van der Waals surface area contributed by atoms with Crippen LogP contribution in [0, 0.1) is 11.6 Å². The van der Waals surface area contributed by atoms with E-state index in [9.17, 15) is 8.78 Å². The fourth-order valence-electron chi connectivity index (χ4n) is 2.15. The molecule has 0 saturated heterocycles. The number of hydrogen-bond donors (Lipinski definition) is 1. The highest BCUT2D eigenvalue weighted by Gasteiger charge is 2.22. The Labute approximate surface area is 117 Å². The number of hydrogen-bond acceptors (Lipinski definition) is 2. The van der Waals surface area contributed by atoms with Crippen LogP contribution in [0.15, 0.2) is 42.5 Å². The lowest BCUT2D eigenvalue weighted by atomic mass is 9.86. The van der Waals surface area contributed by atoms with Crippen molar-refractivity contribution in [2.75, 3.05) is 7.11 Å². The Kier molecular flexibility index (Phi) is 4.04. The molecular weight excluding hydrogens is 260 g/mol. The van der Waals surface area contributed by atoms with Gasteiger partial charge in [-0.15, -0.1) is 0 Å². The second kappa shape index (κ2) is 5.59. The molecule has 0 aliphatic heterocycles. The fraction of sp³-hybridized carbons (Fsp3) is 0.250. The zero-order valence-corrected chi connectivity index (χ0v) is 11.5. The van der Waals surface area contributed by atoms with Crippen molar-refractivity contribution >= 4 is 0 Å². The monoisotopic (exact) mass is 277 g/mol. The summed E-state index contributed by atoms with van der Waals surface area (Å²) >= 11 is 0. The maximum Gasteiger partial charge on any atom is 0.159 e. The molecule has 0 aliphatic carbocycles. The molecule has 106 valence electrons. The lowest BCUT2D eigenvalue weighted by molar-refractivity contribution is 0.413. The van der Waals surface area contributed by atoms with Crippen molar-refractivity contribution < 1.29 is 13.5 Å². The van der Waals surface area contributed by atoms with Crippen molar-refractivity contribution in [2.24, 2.45) is 5.73 Å². The van der Waals surface area contributed by atoms with Crippen molar-refractivity contribution in [3.63, 3.8) is 0 Å². The first-order valence-corrected chi connectivity index (χ1v) is 6.30. The van der Waals surface area contributed by atoms with Gasteiger partial charge in [-0.3, -0.25) is 0 Å². The quantitative estimate of drug-likeness (QED) is 0.929. The van der Waals surface area contributed by atoms with Crippen LogP contribution in [0.25, 0.3) is 0 Å². The van der Waals surface area contributed by atoms with Crippen LogP contribution < -0.4 is 10.5 Å². The smallest absolute Gasteiger partial charge is 0.159 e. The molecule has 0 aromatic heterocycles. The Bertz CT molecular complexity index is 594. The second-order valence-electron chi connectivity index (χ2n) is 5.07. The number of benzene rings is 2. The minimum atomic E-state index is -0.854. The standard InChI is InChI=1S/C16H17F2NO/c1-16(19,12-4-6-13(20-2)7-5-12)10-11-3-8-14(17)15(18)9-11/h3-9H,10,19H2,1-2H3. The molecule has 0 amide bonds. The number of nitrogens with two attached hydrogens (primary N) is 1. The van der Waals surface area contributed by atoms with Crippen molar-refractivity contribution in [1.29, 1.82) is 0 Å². The summed E-state index contributed by atoms with van der Waals surface area (Å²) in [5.41, 5.74) is 7.19. The summed E-state index contributed by atoms with van der Waals surface area (Å²) in [6, 6.07) is 11.3. The lowest BCUT2D eigenvalue weighted by Gasteiger charge is -2.25. The van der Waals surface area contributed by atoms with E-state index >= 15 is 0 Å². The summed E-state index contributed by atoms with van der Waals surface area (Å²) in [4.78, 5) is 0. The molecule has 0 spiro atoms. The molecule has 2 aromatic carbocycles. The fourth-order valence-corrected chi connectivity index (χ4v) is 2.15. The molecule has 0 heterocycles. The molecule has 0 fully saturated rings. The van der Waals surface area contributed by atoms with E-state index in [1.165, 1.54) is 6.07 Å². The molecule has 20 heavy (non-hydrogen) atoms. The van der Waals surface area contributed by atoms with Crippen LogP contribution in [0.3, 0.4) is 0 Å². The van der Waals surface area contributed by atoms with E-state index in [2.05, 4.69) is 0 Å². The first-order valence-electron chi connectivity index (χ1n) is 6.30. The Morgan fingerprint density at radius 3 is 2.25 bits per heavy atom. The number of methoxy groups -OCH3 is 1. The van der Waals surface area contributed by atoms with Crippen molar-refractivity contribution in [3.8, 4) is 5.75 Å². The predicted octanol–water partition coefficient (Wildman–Crippen LogP) is 3.39. The van der Waals surface area contributed by atoms with Crippen LogP contribution in [0.5, 0.6) is 5.75 Å². The van der Waals surface area contributed by atoms with Gasteiger partial charge in [-0.2, -0.15) is 0 Å². The van der Waals surface area contributed by atoms with Crippen LogP contribution in [0.4, 0.5) is 8.78 Å². The normalized spacial score (nSPS) is 13.8. The van der Waals surface area contributed by atoms with Gasteiger partial charge in [0.05, 0.1) is 7.11 Å². The predicted molar refractivity (Wildman–Crippen MR) is 74.6 cm³/mol. The highest BCUT2D eigenvalue weighted by Crippen LogP contribution is 2.25. The van der Waals surface area contributed by atoms with Gasteiger partial charge in [0.15, 0.2) is 11.6 Å². The molecule has 0 saturated carbocycles. The molecule has 2 N–H and O–H groups in total. The van der Waals surface area contributed by atoms with E-state index in [1.54, 1.807) is 13.2 Å². The summed E-state index contributed by atoms with van der Waals surface area (Å²) in [5.74, 6) is -0.956. The van der Waals surface area contributed by atoms with Gasteiger partial charge in [0.1, 0.15) is 5.75 Å². The Morgan fingerprint density at radius 2 is 1.70 bits per heavy atom. The molecule has 4 heteroatoms. The number of halogens is 2. The summed E-state index contributed by atoms with van der Waals surface area (Å²) in [6.07, 6.45) is 0.413. The van der Waals surface area contributed by atoms with Gasteiger partial charge in [0, 0.05) is 5.54 Å². The third kappa shape index (κ3) is 3.14. The highest BCUT2D eigenvalue weighted by molar-refractivity contribution is 5.33. The maximum atomic E-state index is 13.2. The SMILES string of the molecule is COc1ccc(C(C)(N)Cc2ccc(F)c(F)c2)cc1. The van der Waals surface area contributed by atoms with Gasteiger partial charge < -0.3 is 10.5 Å². The number of ether oxygens (including phenoxy) is 1. The molecule has 2 rings (SSSR count). The van der Waals surface area contributed by atoms with Gasteiger partial charge in [-0.1, -0.05) is 18.2 Å². The first kappa shape index (κ1) is 14.5. The molecule has 2 aromatic rings. The third-order valence-corrected chi connectivity index (χ3v) is 3.30. The summed E-state index contributed by atoms with van der Waals surface area (Å²) < 4.78 is 31.2. The molecule has 0 bridgehead atoms.